The Morgan fingerprint density at radius 2 is 1.68 bits per heavy atom. The maximum absolute atomic E-state index is 13.0. The van der Waals surface area contributed by atoms with Gasteiger partial charge in [-0.3, -0.25) is 4.79 Å². The van der Waals surface area contributed by atoms with E-state index in [1.807, 2.05) is 0 Å². The minimum Gasteiger partial charge on any atom is -0.493 e. The third-order valence-corrected chi connectivity index (χ3v) is 4.13. The molecule has 0 aromatic heterocycles. The minimum absolute atomic E-state index is 0.120. The summed E-state index contributed by atoms with van der Waals surface area (Å²) in [6.45, 7) is 5.53. The van der Waals surface area contributed by atoms with Crippen molar-refractivity contribution in [2.75, 3.05) is 32.7 Å². The third kappa shape index (κ3) is 5.27. The topological polar surface area (TPSA) is 73.9 Å². The van der Waals surface area contributed by atoms with Crippen molar-refractivity contribution in [1.29, 1.82) is 0 Å². The molecule has 0 aliphatic heterocycles. The lowest BCUT2D eigenvalue weighted by Crippen LogP contribution is -2.16. The molecule has 0 heterocycles. The molecule has 2 aromatic carbocycles. The van der Waals surface area contributed by atoms with Crippen LogP contribution < -0.4 is 14.8 Å². The molecule has 0 saturated heterocycles. The first kappa shape index (κ1) is 21.3. The van der Waals surface area contributed by atoms with Crippen molar-refractivity contribution in [3.63, 3.8) is 0 Å². The zero-order valence-corrected chi connectivity index (χ0v) is 16.8. The molecule has 6 nitrogen and oxygen atoms in total. The normalized spacial score (nSPS) is 10.1. The van der Waals surface area contributed by atoms with Crippen LogP contribution >= 0.6 is 11.6 Å². The van der Waals surface area contributed by atoms with Gasteiger partial charge in [-0.2, -0.15) is 0 Å². The van der Waals surface area contributed by atoms with Crippen LogP contribution in [0.15, 0.2) is 48.6 Å². The van der Waals surface area contributed by atoms with Gasteiger partial charge in [0.1, 0.15) is 6.61 Å². The molecule has 0 fully saturated rings. The number of anilines is 1. The summed E-state index contributed by atoms with van der Waals surface area (Å²) in [4.78, 5) is 24.5. The van der Waals surface area contributed by atoms with Gasteiger partial charge in [-0.1, -0.05) is 18.2 Å². The zero-order valence-electron chi connectivity index (χ0n) is 16.0. The number of nitrogens with one attached hydrogen (secondary N) is 1. The van der Waals surface area contributed by atoms with E-state index in [-0.39, 0.29) is 12.4 Å². The van der Waals surface area contributed by atoms with Gasteiger partial charge in [0.2, 0.25) is 0 Å². The average molecular weight is 404 g/mol. The molecule has 0 spiro atoms. The SMILES string of the molecule is C=C(C)C(=O)OCCNc1cc(OC)c(OC)cc1C(=O)c1ccc(Cl)cc1. The molecule has 2 rings (SSSR count). The molecule has 148 valence electrons. The van der Waals surface area contributed by atoms with Crippen LogP contribution in [-0.4, -0.2) is 39.1 Å². The summed E-state index contributed by atoms with van der Waals surface area (Å²) in [6, 6.07) is 9.89. The second-order valence-corrected chi connectivity index (χ2v) is 6.37. The van der Waals surface area contributed by atoms with Gasteiger partial charge in [0, 0.05) is 40.0 Å². The predicted molar refractivity (Wildman–Crippen MR) is 109 cm³/mol. The van der Waals surface area contributed by atoms with Crippen LogP contribution in [-0.2, 0) is 9.53 Å². The van der Waals surface area contributed by atoms with Crippen molar-refractivity contribution in [2.24, 2.45) is 0 Å². The fraction of sp³-hybridized carbons (Fsp3) is 0.238. The highest BCUT2D eigenvalue weighted by molar-refractivity contribution is 6.30. The molecule has 0 atom stereocenters. The predicted octanol–water partition coefficient (Wildman–Crippen LogP) is 4.12. The van der Waals surface area contributed by atoms with Gasteiger partial charge in [-0.05, 0) is 37.3 Å². The molecular weight excluding hydrogens is 382 g/mol. The van der Waals surface area contributed by atoms with Crippen LogP contribution in [0.2, 0.25) is 5.02 Å². The van der Waals surface area contributed by atoms with Crippen LogP contribution in [0.4, 0.5) is 5.69 Å². The fourth-order valence-electron chi connectivity index (χ4n) is 2.42. The molecule has 7 heteroatoms. The standard InChI is InChI=1S/C21H22ClNO5/c1-13(2)21(25)28-10-9-23-17-12-19(27-4)18(26-3)11-16(17)20(24)14-5-7-15(22)8-6-14/h5-8,11-12,23H,1,9-10H2,2-4H3. The minimum atomic E-state index is -0.466. The second kappa shape index (κ2) is 9.80. The monoisotopic (exact) mass is 403 g/mol. The smallest absolute Gasteiger partial charge is 0.333 e. The average Bonchev–Trinajstić information content (AvgIpc) is 2.70. The van der Waals surface area contributed by atoms with Crippen LogP contribution in [0.3, 0.4) is 0 Å². The maximum Gasteiger partial charge on any atom is 0.333 e. The number of rotatable bonds is 9. The molecule has 0 aliphatic rings. The fourth-order valence-corrected chi connectivity index (χ4v) is 2.55. The van der Waals surface area contributed by atoms with Gasteiger partial charge < -0.3 is 19.5 Å². The number of methoxy groups -OCH3 is 2. The Morgan fingerprint density at radius 1 is 1.07 bits per heavy atom. The molecule has 0 unspecified atom stereocenters. The van der Waals surface area contributed by atoms with E-state index in [0.29, 0.717) is 45.5 Å². The molecular formula is C21H22ClNO5. The lowest BCUT2D eigenvalue weighted by molar-refractivity contribution is -0.138. The summed E-state index contributed by atoms with van der Waals surface area (Å²) in [6.07, 6.45) is 0. The summed E-state index contributed by atoms with van der Waals surface area (Å²) >= 11 is 5.91. The van der Waals surface area contributed by atoms with Crippen molar-refractivity contribution in [2.45, 2.75) is 6.92 Å². The Kier molecular flexibility index (Phi) is 7.46. The van der Waals surface area contributed by atoms with Gasteiger partial charge in [0.25, 0.3) is 0 Å². The quantitative estimate of drug-likeness (QED) is 0.294. The number of hydrogen-bond acceptors (Lipinski definition) is 6. The van der Waals surface area contributed by atoms with Crippen LogP contribution in [0, 0.1) is 0 Å². The van der Waals surface area contributed by atoms with Gasteiger partial charge in [-0.15, -0.1) is 0 Å². The van der Waals surface area contributed by atoms with E-state index in [9.17, 15) is 9.59 Å². The molecule has 0 bridgehead atoms. The summed E-state index contributed by atoms with van der Waals surface area (Å²) < 4.78 is 15.7. The Hall–Kier alpha value is -2.99. The number of halogens is 1. The van der Waals surface area contributed by atoms with E-state index in [2.05, 4.69) is 11.9 Å². The van der Waals surface area contributed by atoms with Crippen molar-refractivity contribution < 1.29 is 23.8 Å². The van der Waals surface area contributed by atoms with Gasteiger partial charge >= 0.3 is 5.97 Å². The molecule has 0 saturated carbocycles. The Balaban J connectivity index is 2.28. The van der Waals surface area contributed by atoms with Gasteiger partial charge in [0.05, 0.1) is 14.2 Å². The Morgan fingerprint density at radius 3 is 2.25 bits per heavy atom. The molecule has 0 aliphatic carbocycles. The Labute approximate surface area is 169 Å². The lowest BCUT2D eigenvalue weighted by atomic mass is 10.0. The molecule has 0 radical (unpaired) electrons. The highest BCUT2D eigenvalue weighted by Crippen LogP contribution is 2.34. The van der Waals surface area contributed by atoms with E-state index in [1.54, 1.807) is 43.3 Å². The molecule has 2 aromatic rings. The van der Waals surface area contributed by atoms with Crippen molar-refractivity contribution >= 4 is 29.0 Å². The number of esters is 1. The molecule has 28 heavy (non-hydrogen) atoms. The number of benzene rings is 2. The first-order valence-electron chi connectivity index (χ1n) is 8.50. The summed E-state index contributed by atoms with van der Waals surface area (Å²) in [5.74, 6) is 0.223. The zero-order chi connectivity index (χ0) is 20.7. The maximum atomic E-state index is 13.0. The number of carbonyl (C=O) groups is 2. The van der Waals surface area contributed by atoms with Crippen LogP contribution in [0.25, 0.3) is 0 Å². The van der Waals surface area contributed by atoms with E-state index >= 15 is 0 Å². The van der Waals surface area contributed by atoms with Gasteiger partial charge in [0.15, 0.2) is 17.3 Å². The number of ketones is 1. The van der Waals surface area contributed by atoms with E-state index in [4.69, 9.17) is 25.8 Å². The van der Waals surface area contributed by atoms with Crippen LogP contribution in [0.1, 0.15) is 22.8 Å². The molecule has 1 N–H and O–H groups in total. The number of ether oxygens (including phenoxy) is 3. The van der Waals surface area contributed by atoms with E-state index in [1.165, 1.54) is 14.2 Å². The number of hydrogen-bond donors (Lipinski definition) is 1. The third-order valence-electron chi connectivity index (χ3n) is 3.87. The summed E-state index contributed by atoms with van der Waals surface area (Å²) in [5, 5.41) is 3.65. The van der Waals surface area contributed by atoms with Crippen molar-refractivity contribution in [3.8, 4) is 11.5 Å². The second-order valence-electron chi connectivity index (χ2n) is 5.93. The first-order valence-corrected chi connectivity index (χ1v) is 8.88. The van der Waals surface area contributed by atoms with E-state index in [0.717, 1.165) is 0 Å². The van der Waals surface area contributed by atoms with Gasteiger partial charge in [-0.25, -0.2) is 4.79 Å². The van der Waals surface area contributed by atoms with Crippen LogP contribution in [0.5, 0.6) is 11.5 Å². The number of carbonyl (C=O) groups excluding carboxylic acids is 2. The van der Waals surface area contributed by atoms with E-state index < -0.39 is 5.97 Å². The van der Waals surface area contributed by atoms with Crippen molar-refractivity contribution in [1.82, 2.24) is 0 Å². The first-order chi connectivity index (χ1) is 13.4. The highest BCUT2D eigenvalue weighted by atomic mass is 35.5. The summed E-state index contributed by atoms with van der Waals surface area (Å²) in [5.41, 5.74) is 1.73. The Bertz CT molecular complexity index is 877. The van der Waals surface area contributed by atoms with Crippen molar-refractivity contribution in [3.05, 3.63) is 64.7 Å². The molecule has 0 amide bonds. The summed E-state index contributed by atoms with van der Waals surface area (Å²) in [7, 11) is 3.01. The lowest BCUT2D eigenvalue weighted by Gasteiger charge is -2.16. The highest BCUT2D eigenvalue weighted by Gasteiger charge is 2.18. The largest absolute Gasteiger partial charge is 0.493 e.